The number of rotatable bonds is 3. The molecule has 8 heteroatoms. The number of hydrogen-bond donors (Lipinski definition) is 0. The summed E-state index contributed by atoms with van der Waals surface area (Å²) in [5.41, 5.74) is 2.04. The van der Waals surface area contributed by atoms with Gasteiger partial charge in [0.2, 0.25) is 6.79 Å². The first-order chi connectivity index (χ1) is 12.5. The molecule has 0 N–H and O–H groups in total. The summed E-state index contributed by atoms with van der Waals surface area (Å²) in [7, 11) is 0. The topological polar surface area (TPSA) is 80.6 Å². The molecule has 2 heterocycles. The van der Waals surface area contributed by atoms with Crippen molar-refractivity contribution < 1.29 is 53.7 Å². The van der Waals surface area contributed by atoms with Crippen LogP contribution in [0.2, 0.25) is 5.02 Å². The number of nitrogens with zero attached hydrogens (tertiary/aromatic N) is 1. The number of carbonyl (C=O) groups excluding carboxylic acids is 2. The summed E-state index contributed by atoms with van der Waals surface area (Å²) in [4.78, 5) is 24.3. The molecule has 0 radical (unpaired) electrons. The average Bonchev–Trinajstić information content (AvgIpc) is 3.16. The second-order valence-electron chi connectivity index (χ2n) is 5.98. The van der Waals surface area contributed by atoms with E-state index in [9.17, 15) is 14.7 Å². The summed E-state index contributed by atoms with van der Waals surface area (Å²) in [6.45, 7) is 1.79. The Bertz CT molecular complexity index is 1060. The Labute approximate surface area is 181 Å². The van der Waals surface area contributed by atoms with E-state index in [0.29, 0.717) is 44.2 Å². The minimum absolute atomic E-state index is 0. The van der Waals surface area contributed by atoms with Crippen LogP contribution >= 0.6 is 11.6 Å². The van der Waals surface area contributed by atoms with Gasteiger partial charge in [0.1, 0.15) is 0 Å². The van der Waals surface area contributed by atoms with E-state index >= 15 is 0 Å². The molecule has 0 aliphatic carbocycles. The molecule has 1 aromatic heterocycles. The number of carboxylic acids is 1. The van der Waals surface area contributed by atoms with Gasteiger partial charge in [0.25, 0.3) is 5.91 Å². The summed E-state index contributed by atoms with van der Waals surface area (Å²) < 4.78 is 12.3. The fourth-order valence-electron chi connectivity index (χ4n) is 3.22. The van der Waals surface area contributed by atoms with Gasteiger partial charge >= 0.3 is 29.6 Å². The van der Waals surface area contributed by atoms with Gasteiger partial charge in [0.15, 0.2) is 11.5 Å². The first-order valence-corrected chi connectivity index (χ1v) is 8.27. The Morgan fingerprint density at radius 2 is 1.78 bits per heavy atom. The van der Waals surface area contributed by atoms with Crippen LogP contribution in [0.15, 0.2) is 36.4 Å². The zero-order valence-corrected chi connectivity index (χ0v) is 17.5. The van der Waals surface area contributed by atoms with Crippen molar-refractivity contribution in [2.75, 3.05) is 6.79 Å². The van der Waals surface area contributed by atoms with Gasteiger partial charge in [-0.3, -0.25) is 9.36 Å². The minimum atomic E-state index is -1.22. The van der Waals surface area contributed by atoms with Crippen molar-refractivity contribution in [2.45, 2.75) is 13.3 Å². The number of carbonyl (C=O) groups is 2. The normalized spacial score (nSPS) is 12.1. The van der Waals surface area contributed by atoms with Crippen LogP contribution in [0.4, 0.5) is 0 Å². The summed E-state index contributed by atoms with van der Waals surface area (Å²) in [5, 5.41) is 12.4. The number of ether oxygens (including phenoxy) is 2. The molecule has 0 fully saturated rings. The Morgan fingerprint density at radius 3 is 2.41 bits per heavy atom. The fraction of sp³-hybridized carbons (Fsp3) is 0.158. The molecule has 0 bridgehead atoms. The van der Waals surface area contributed by atoms with Crippen LogP contribution in [-0.4, -0.2) is 23.2 Å². The van der Waals surface area contributed by atoms with Crippen molar-refractivity contribution in [1.29, 1.82) is 0 Å². The number of halogens is 1. The molecule has 0 unspecified atom stereocenters. The molecule has 2 aromatic carbocycles. The van der Waals surface area contributed by atoms with E-state index in [1.807, 2.05) is 0 Å². The number of hydrogen-bond acceptors (Lipinski definition) is 5. The molecular weight excluding hydrogens is 381 g/mol. The SMILES string of the molecule is Cc1c(CC(=O)[O-])c2cc3c(cc2n1C(=O)c1ccc(Cl)cc1)OCO3.[Na+]. The molecule has 3 aromatic rings. The molecule has 0 saturated heterocycles. The van der Waals surface area contributed by atoms with Crippen LogP contribution in [0.1, 0.15) is 21.6 Å². The predicted octanol–water partition coefficient (Wildman–Crippen LogP) is -0.683. The van der Waals surface area contributed by atoms with Crippen LogP contribution in [0.5, 0.6) is 11.5 Å². The molecule has 4 rings (SSSR count). The van der Waals surface area contributed by atoms with Gasteiger partial charge in [0.05, 0.1) is 5.52 Å². The maximum Gasteiger partial charge on any atom is 1.00 e. The first kappa shape index (κ1) is 19.8. The Morgan fingerprint density at radius 1 is 1.15 bits per heavy atom. The van der Waals surface area contributed by atoms with Gasteiger partial charge in [-0.2, -0.15) is 0 Å². The van der Waals surface area contributed by atoms with Gasteiger partial charge in [-0.15, -0.1) is 0 Å². The van der Waals surface area contributed by atoms with Gasteiger partial charge in [0, 0.05) is 40.1 Å². The molecule has 0 spiro atoms. The Balaban J connectivity index is 0.00000210. The molecule has 27 heavy (non-hydrogen) atoms. The van der Waals surface area contributed by atoms with Gasteiger partial charge in [-0.05, 0) is 42.8 Å². The third kappa shape index (κ3) is 3.46. The van der Waals surface area contributed by atoms with Crippen molar-refractivity contribution in [1.82, 2.24) is 4.57 Å². The van der Waals surface area contributed by atoms with E-state index in [1.165, 1.54) is 4.57 Å². The van der Waals surface area contributed by atoms with E-state index in [0.717, 1.165) is 0 Å². The van der Waals surface area contributed by atoms with E-state index in [-0.39, 0.29) is 48.7 Å². The number of carboxylic acid groups (broad SMARTS) is 1. The Kier molecular flexibility index (Phi) is 5.53. The molecule has 1 aliphatic heterocycles. The average molecular weight is 394 g/mol. The standard InChI is InChI=1S/C19H14ClNO5.Na/c1-10-13(7-18(22)23)14-6-16-17(26-9-25-16)8-15(14)21(10)19(24)11-2-4-12(20)5-3-11;/h2-6,8H,7,9H2,1H3,(H,22,23);/q;+1/p-1. The van der Waals surface area contributed by atoms with Crippen LogP contribution < -0.4 is 44.1 Å². The molecule has 1 aliphatic rings. The zero-order chi connectivity index (χ0) is 18.4. The first-order valence-electron chi connectivity index (χ1n) is 7.89. The smallest absolute Gasteiger partial charge is 0.550 e. The predicted molar refractivity (Wildman–Crippen MR) is 92.7 cm³/mol. The van der Waals surface area contributed by atoms with Crippen molar-refractivity contribution in [2.24, 2.45) is 0 Å². The summed E-state index contributed by atoms with van der Waals surface area (Å²) in [5.74, 6) is -0.468. The quantitative estimate of drug-likeness (QED) is 0.551. The number of fused-ring (bicyclic) bond motifs is 2. The molecule has 0 atom stereocenters. The third-order valence-electron chi connectivity index (χ3n) is 4.44. The molecular formula is C19H13ClNNaO5. The van der Waals surface area contributed by atoms with Crippen molar-refractivity contribution >= 4 is 34.4 Å². The van der Waals surface area contributed by atoms with Crippen molar-refractivity contribution in [3.05, 3.63) is 58.2 Å². The maximum absolute atomic E-state index is 13.1. The number of aliphatic carboxylic acids is 1. The summed E-state index contributed by atoms with van der Waals surface area (Å²) >= 11 is 5.89. The molecule has 132 valence electrons. The number of benzene rings is 2. The summed E-state index contributed by atoms with van der Waals surface area (Å²) in [6.07, 6.45) is -0.303. The Hall–Kier alpha value is -1.99. The van der Waals surface area contributed by atoms with Crippen LogP contribution in [0.25, 0.3) is 10.9 Å². The monoisotopic (exact) mass is 393 g/mol. The maximum atomic E-state index is 13.1. The van der Waals surface area contributed by atoms with Gasteiger partial charge in [-0.25, -0.2) is 0 Å². The second kappa shape index (κ2) is 7.56. The fourth-order valence-corrected chi connectivity index (χ4v) is 3.35. The second-order valence-corrected chi connectivity index (χ2v) is 6.42. The van der Waals surface area contributed by atoms with Crippen LogP contribution in [0.3, 0.4) is 0 Å². The third-order valence-corrected chi connectivity index (χ3v) is 4.70. The number of aromatic nitrogens is 1. The van der Waals surface area contributed by atoms with E-state index in [2.05, 4.69) is 0 Å². The van der Waals surface area contributed by atoms with Crippen molar-refractivity contribution in [3.63, 3.8) is 0 Å². The van der Waals surface area contributed by atoms with Crippen LogP contribution in [0, 0.1) is 6.92 Å². The largest absolute Gasteiger partial charge is 1.00 e. The van der Waals surface area contributed by atoms with E-state index in [4.69, 9.17) is 21.1 Å². The molecule has 0 saturated carbocycles. The summed E-state index contributed by atoms with van der Waals surface area (Å²) in [6, 6.07) is 9.91. The van der Waals surface area contributed by atoms with Gasteiger partial charge in [-0.1, -0.05) is 11.6 Å². The minimum Gasteiger partial charge on any atom is -0.550 e. The molecule has 0 amide bonds. The van der Waals surface area contributed by atoms with E-state index < -0.39 is 5.97 Å². The van der Waals surface area contributed by atoms with E-state index in [1.54, 1.807) is 43.3 Å². The zero-order valence-electron chi connectivity index (χ0n) is 14.7. The molecule has 6 nitrogen and oxygen atoms in total. The van der Waals surface area contributed by atoms with Crippen LogP contribution in [-0.2, 0) is 11.2 Å². The van der Waals surface area contributed by atoms with Crippen molar-refractivity contribution in [3.8, 4) is 11.5 Å². The van der Waals surface area contributed by atoms with Gasteiger partial charge < -0.3 is 19.4 Å².